The van der Waals surface area contributed by atoms with E-state index in [0.717, 1.165) is 0 Å². The molecule has 0 aromatic carbocycles. The van der Waals surface area contributed by atoms with Gasteiger partial charge in [-0.05, 0) is 0 Å². The van der Waals surface area contributed by atoms with Crippen molar-refractivity contribution in [1.29, 1.82) is 0 Å². The van der Waals surface area contributed by atoms with E-state index in [4.69, 9.17) is 33.5 Å². The molecule has 1 N–H and O–H groups in total. The number of carbonyl (C=O) groups excluding carboxylic acids is 1. The van der Waals surface area contributed by atoms with Gasteiger partial charge in [-0.15, -0.1) is 0 Å². The van der Waals surface area contributed by atoms with Gasteiger partial charge in [0.1, 0.15) is 13.2 Å². The van der Waals surface area contributed by atoms with E-state index in [0.29, 0.717) is 52.9 Å². The van der Waals surface area contributed by atoms with Gasteiger partial charge in [0.25, 0.3) is 0 Å². The first-order valence-corrected chi connectivity index (χ1v) is 7.36. The van der Waals surface area contributed by atoms with Gasteiger partial charge in [-0.1, -0.05) is 0 Å². The molecule has 0 aliphatic rings. The highest BCUT2D eigenvalue weighted by molar-refractivity contribution is 5.68. The maximum atomic E-state index is 10.5. The summed E-state index contributed by atoms with van der Waals surface area (Å²) in [5.74, 6) is -1.32. The van der Waals surface area contributed by atoms with Crippen LogP contribution in [0.3, 0.4) is 0 Å². The average Bonchev–Trinajstić information content (AvgIpc) is 2.49. The molecule has 0 unspecified atom stereocenters. The van der Waals surface area contributed by atoms with Crippen molar-refractivity contribution in [2.24, 2.45) is 0 Å². The summed E-state index contributed by atoms with van der Waals surface area (Å²) >= 11 is 0. The van der Waals surface area contributed by atoms with E-state index in [1.165, 1.54) is 6.92 Å². The Bertz CT molecular complexity index is 268. The quantitative estimate of drug-likeness (QED) is 0.283. The highest BCUT2D eigenvalue weighted by atomic mass is 16.6. The van der Waals surface area contributed by atoms with Crippen LogP contribution in [-0.2, 0) is 38.0 Å². The molecule has 0 fully saturated rings. The number of esters is 1. The second-order valence-corrected chi connectivity index (χ2v) is 4.24. The van der Waals surface area contributed by atoms with Gasteiger partial charge < -0.3 is 33.5 Å². The summed E-state index contributed by atoms with van der Waals surface area (Å²) in [5.41, 5.74) is 0. The smallest absolute Gasteiger partial charge is 0.329 e. The molecule has 23 heavy (non-hydrogen) atoms. The van der Waals surface area contributed by atoms with E-state index in [1.54, 1.807) is 0 Å². The third-order valence-corrected chi connectivity index (χ3v) is 2.25. The van der Waals surface area contributed by atoms with Gasteiger partial charge >= 0.3 is 11.9 Å². The first-order valence-electron chi connectivity index (χ1n) is 7.36. The third-order valence-electron chi connectivity index (χ3n) is 2.25. The molecule has 9 heteroatoms. The summed E-state index contributed by atoms with van der Waals surface area (Å²) in [6.07, 6.45) is 0. The average molecular weight is 338 g/mol. The topological polar surface area (TPSA) is 110 Å². The van der Waals surface area contributed by atoms with E-state index in [9.17, 15) is 9.59 Å². The Morgan fingerprint density at radius 2 is 1.00 bits per heavy atom. The van der Waals surface area contributed by atoms with Gasteiger partial charge in [0.2, 0.25) is 0 Å². The van der Waals surface area contributed by atoms with Crippen LogP contribution in [0.4, 0.5) is 0 Å². The van der Waals surface area contributed by atoms with E-state index < -0.39 is 5.97 Å². The summed E-state index contributed by atoms with van der Waals surface area (Å²) in [7, 11) is 0. The number of hydrogen-bond donors (Lipinski definition) is 1. The van der Waals surface area contributed by atoms with Gasteiger partial charge in [0, 0.05) is 6.92 Å². The highest BCUT2D eigenvalue weighted by Gasteiger charge is 1.96. The molecule has 9 nitrogen and oxygen atoms in total. The molecule has 0 spiro atoms. The van der Waals surface area contributed by atoms with E-state index >= 15 is 0 Å². The second kappa shape index (κ2) is 17.1. The molecule has 136 valence electrons. The van der Waals surface area contributed by atoms with Crippen molar-refractivity contribution in [3.63, 3.8) is 0 Å². The SMILES string of the molecule is CC(=O)OCCOCCOCCOCCOCCOCC(=O)O. The lowest BCUT2D eigenvalue weighted by atomic mass is 10.6. The number of hydrogen-bond acceptors (Lipinski definition) is 8. The molecule has 0 radical (unpaired) electrons. The van der Waals surface area contributed by atoms with Crippen molar-refractivity contribution >= 4 is 11.9 Å². The van der Waals surface area contributed by atoms with Gasteiger partial charge in [0.15, 0.2) is 0 Å². The van der Waals surface area contributed by atoms with Gasteiger partial charge in [-0.3, -0.25) is 4.79 Å². The van der Waals surface area contributed by atoms with Crippen LogP contribution in [0.2, 0.25) is 0 Å². The summed E-state index contributed by atoms with van der Waals surface area (Å²) in [4.78, 5) is 20.6. The van der Waals surface area contributed by atoms with Crippen molar-refractivity contribution in [3.8, 4) is 0 Å². The predicted molar refractivity (Wildman–Crippen MR) is 78.4 cm³/mol. The van der Waals surface area contributed by atoms with E-state index in [1.807, 2.05) is 0 Å². The monoisotopic (exact) mass is 338 g/mol. The molecule has 0 aliphatic heterocycles. The van der Waals surface area contributed by atoms with Gasteiger partial charge in [-0.25, -0.2) is 4.79 Å². The summed E-state index contributed by atoms with van der Waals surface area (Å²) in [6.45, 7) is 4.84. The Balaban J connectivity index is 3.00. The Kier molecular flexibility index (Phi) is 16.2. The molecule has 0 heterocycles. The molecule has 0 atom stereocenters. The van der Waals surface area contributed by atoms with Crippen LogP contribution in [-0.4, -0.2) is 89.7 Å². The standard InChI is InChI=1S/C14H26O9/c1-13(15)23-11-10-21-7-6-19-3-2-18-4-5-20-8-9-22-12-14(16)17/h2-12H2,1H3,(H,16,17). The van der Waals surface area contributed by atoms with Crippen LogP contribution in [0, 0.1) is 0 Å². The first kappa shape index (κ1) is 21.7. The molecule has 0 aromatic rings. The van der Waals surface area contributed by atoms with E-state index in [-0.39, 0.29) is 25.8 Å². The van der Waals surface area contributed by atoms with Crippen molar-refractivity contribution in [1.82, 2.24) is 0 Å². The molecule has 0 saturated carbocycles. The zero-order valence-electron chi connectivity index (χ0n) is 13.5. The van der Waals surface area contributed by atoms with Crippen LogP contribution < -0.4 is 0 Å². The first-order chi connectivity index (χ1) is 11.1. The predicted octanol–water partition coefficient (Wildman–Crippen LogP) is -0.283. The molecule has 0 amide bonds. The van der Waals surface area contributed by atoms with Crippen LogP contribution in [0.5, 0.6) is 0 Å². The molecule has 0 aromatic heterocycles. The van der Waals surface area contributed by atoms with Crippen LogP contribution in [0.25, 0.3) is 0 Å². The maximum Gasteiger partial charge on any atom is 0.329 e. The lowest BCUT2D eigenvalue weighted by Crippen LogP contribution is -2.15. The van der Waals surface area contributed by atoms with Crippen LogP contribution in [0.15, 0.2) is 0 Å². The zero-order chi connectivity index (χ0) is 17.2. The lowest BCUT2D eigenvalue weighted by Gasteiger charge is -2.07. The molecule has 0 bridgehead atoms. The summed E-state index contributed by atoms with van der Waals surface area (Å²) in [5, 5.41) is 8.33. The van der Waals surface area contributed by atoms with E-state index in [2.05, 4.69) is 0 Å². The number of carbonyl (C=O) groups is 2. The minimum Gasteiger partial charge on any atom is -0.480 e. The van der Waals surface area contributed by atoms with Crippen molar-refractivity contribution < 1.29 is 43.1 Å². The Labute approximate surface area is 135 Å². The van der Waals surface area contributed by atoms with Crippen LogP contribution in [0.1, 0.15) is 6.92 Å². The highest BCUT2D eigenvalue weighted by Crippen LogP contribution is 1.84. The number of carboxylic acid groups (broad SMARTS) is 1. The minimum atomic E-state index is -0.997. The fourth-order valence-corrected chi connectivity index (χ4v) is 1.28. The van der Waals surface area contributed by atoms with Crippen molar-refractivity contribution in [3.05, 3.63) is 0 Å². The normalized spacial score (nSPS) is 10.7. The number of ether oxygens (including phenoxy) is 6. The molecule has 0 saturated heterocycles. The molecule has 0 rings (SSSR count). The second-order valence-electron chi connectivity index (χ2n) is 4.24. The lowest BCUT2D eigenvalue weighted by molar-refractivity contribution is -0.143. The third kappa shape index (κ3) is 20.7. The van der Waals surface area contributed by atoms with Crippen molar-refractivity contribution in [2.75, 3.05) is 72.7 Å². The van der Waals surface area contributed by atoms with Gasteiger partial charge in [-0.2, -0.15) is 0 Å². The molecular weight excluding hydrogens is 312 g/mol. The maximum absolute atomic E-state index is 10.5. The summed E-state index contributed by atoms with van der Waals surface area (Å²) in [6, 6.07) is 0. The summed E-state index contributed by atoms with van der Waals surface area (Å²) < 4.78 is 30.4. The fourth-order valence-electron chi connectivity index (χ4n) is 1.28. The largest absolute Gasteiger partial charge is 0.480 e. The van der Waals surface area contributed by atoms with Gasteiger partial charge in [0.05, 0.1) is 59.5 Å². The van der Waals surface area contributed by atoms with Crippen LogP contribution >= 0.6 is 0 Å². The Hall–Kier alpha value is -1.26. The van der Waals surface area contributed by atoms with Crippen molar-refractivity contribution in [2.45, 2.75) is 6.92 Å². The Morgan fingerprint density at radius 1 is 0.652 bits per heavy atom. The Morgan fingerprint density at radius 3 is 1.35 bits per heavy atom. The fraction of sp³-hybridized carbons (Fsp3) is 0.857. The zero-order valence-corrected chi connectivity index (χ0v) is 13.5. The number of rotatable bonds is 17. The molecule has 0 aliphatic carbocycles. The number of carboxylic acids is 1. The molecular formula is C14H26O9. The minimum absolute atomic E-state index is 0.243. The number of aliphatic carboxylic acids is 1.